The van der Waals surface area contributed by atoms with Crippen LogP contribution in [0.1, 0.15) is 17.4 Å². The summed E-state index contributed by atoms with van der Waals surface area (Å²) in [6.45, 7) is 8.69. The summed E-state index contributed by atoms with van der Waals surface area (Å²) in [5.74, 6) is -1.37. The number of hydrogen-bond acceptors (Lipinski definition) is 2. The van der Waals surface area contributed by atoms with Crippen molar-refractivity contribution in [1.82, 2.24) is 4.98 Å². The Morgan fingerprint density at radius 3 is 3.00 bits per heavy atom. The Morgan fingerprint density at radius 2 is 2.35 bits per heavy atom. The average Bonchev–Trinajstić information content (AvgIpc) is 2.66. The Kier molecular flexibility index (Phi) is 2.79. The van der Waals surface area contributed by atoms with Gasteiger partial charge < -0.3 is 9.72 Å². The summed E-state index contributed by atoms with van der Waals surface area (Å²) in [6, 6.07) is 4.46. The Balaban J connectivity index is 2.57. The van der Waals surface area contributed by atoms with E-state index in [4.69, 9.17) is 11.3 Å². The first-order valence-corrected chi connectivity index (χ1v) is 5.03. The quantitative estimate of drug-likeness (QED) is 0.639. The third-order valence-electron chi connectivity index (χ3n) is 2.33. The average molecular weight is 232 g/mol. The molecule has 0 bridgehead atoms. The molecule has 5 heteroatoms. The Morgan fingerprint density at radius 1 is 1.59 bits per heavy atom. The van der Waals surface area contributed by atoms with Crippen molar-refractivity contribution in [2.24, 2.45) is 0 Å². The minimum absolute atomic E-state index is 0.181. The number of aromatic amines is 1. The molecule has 0 unspecified atom stereocenters. The molecule has 0 saturated carbocycles. The van der Waals surface area contributed by atoms with Gasteiger partial charge in [-0.05, 0) is 13.0 Å². The zero-order chi connectivity index (χ0) is 12.4. The van der Waals surface area contributed by atoms with Crippen LogP contribution in [0, 0.1) is 12.4 Å². The number of benzene rings is 1. The lowest BCUT2D eigenvalue weighted by Crippen LogP contribution is -2.06. The van der Waals surface area contributed by atoms with Crippen molar-refractivity contribution in [3.05, 3.63) is 41.1 Å². The molecule has 1 aromatic heterocycles. The van der Waals surface area contributed by atoms with Gasteiger partial charge in [-0.2, -0.15) is 0 Å². The number of aromatic nitrogens is 1. The Labute approximate surface area is 96.8 Å². The molecule has 0 atom stereocenters. The zero-order valence-electron chi connectivity index (χ0n) is 9.08. The van der Waals surface area contributed by atoms with Crippen LogP contribution in [0.5, 0.6) is 0 Å². The van der Waals surface area contributed by atoms with Crippen molar-refractivity contribution in [2.75, 3.05) is 6.61 Å². The fourth-order valence-corrected chi connectivity index (χ4v) is 1.56. The predicted octanol–water partition coefficient (Wildman–Crippen LogP) is 3.03. The van der Waals surface area contributed by atoms with Crippen LogP contribution in [0.25, 0.3) is 15.7 Å². The number of H-pyrrole nitrogens is 1. The number of hydrogen-bond donors (Lipinski definition) is 1. The highest BCUT2D eigenvalue weighted by Crippen LogP contribution is 2.25. The molecule has 4 nitrogen and oxygen atoms in total. The van der Waals surface area contributed by atoms with Crippen LogP contribution < -0.4 is 0 Å². The summed E-state index contributed by atoms with van der Waals surface area (Å²) < 4.78 is 18.6. The lowest BCUT2D eigenvalue weighted by atomic mass is 10.2. The van der Waals surface area contributed by atoms with E-state index in [1.807, 2.05) is 0 Å². The molecule has 2 aromatic rings. The molecular formula is C12H9FN2O2. The van der Waals surface area contributed by atoms with Gasteiger partial charge in [-0.3, -0.25) is 0 Å². The van der Waals surface area contributed by atoms with E-state index >= 15 is 0 Å². The van der Waals surface area contributed by atoms with Gasteiger partial charge in [0.2, 0.25) is 0 Å². The van der Waals surface area contributed by atoms with Crippen molar-refractivity contribution in [2.45, 2.75) is 6.92 Å². The predicted molar refractivity (Wildman–Crippen MR) is 60.5 cm³/mol. The topological polar surface area (TPSA) is 46.5 Å². The lowest BCUT2D eigenvalue weighted by molar-refractivity contribution is 0.0515. The van der Waals surface area contributed by atoms with Crippen LogP contribution in [0.3, 0.4) is 0 Å². The summed E-state index contributed by atoms with van der Waals surface area (Å²) in [4.78, 5) is 17.3. The summed E-state index contributed by atoms with van der Waals surface area (Å²) in [6.07, 6.45) is 0. The second kappa shape index (κ2) is 4.26. The first-order valence-electron chi connectivity index (χ1n) is 5.03. The SMILES string of the molecule is [C-]#[N+]c1ccc2c(F)c(C(=O)OCC)[nH]c2c1. The number of fused-ring (bicyclic) bond motifs is 1. The van der Waals surface area contributed by atoms with Crippen LogP contribution in [0.15, 0.2) is 18.2 Å². The smallest absolute Gasteiger partial charge is 0.357 e. The number of rotatable bonds is 2. The van der Waals surface area contributed by atoms with E-state index in [1.54, 1.807) is 6.92 Å². The Bertz CT molecular complexity index is 625. The van der Waals surface area contributed by atoms with Crippen LogP contribution in [-0.4, -0.2) is 17.6 Å². The van der Waals surface area contributed by atoms with Gasteiger partial charge in [0.05, 0.1) is 13.2 Å². The molecule has 0 fully saturated rings. The van der Waals surface area contributed by atoms with Crippen LogP contribution in [0.4, 0.5) is 10.1 Å². The molecule has 0 amide bonds. The Hall–Kier alpha value is -2.35. The highest BCUT2D eigenvalue weighted by Gasteiger charge is 2.18. The largest absolute Gasteiger partial charge is 0.461 e. The normalized spacial score (nSPS) is 10.2. The van der Waals surface area contributed by atoms with E-state index in [9.17, 15) is 9.18 Å². The van der Waals surface area contributed by atoms with Crippen molar-refractivity contribution < 1.29 is 13.9 Å². The molecule has 0 spiro atoms. The first-order chi connectivity index (χ1) is 8.17. The summed E-state index contributed by atoms with van der Waals surface area (Å²) in [5, 5.41) is 0.278. The second-order valence-corrected chi connectivity index (χ2v) is 3.38. The molecule has 0 aliphatic carbocycles. The van der Waals surface area contributed by atoms with Gasteiger partial charge in [-0.15, -0.1) is 0 Å². The molecule has 0 saturated heterocycles. The van der Waals surface area contributed by atoms with Gasteiger partial charge >= 0.3 is 5.97 Å². The number of nitrogens with zero attached hydrogens (tertiary/aromatic N) is 1. The van der Waals surface area contributed by atoms with Crippen molar-refractivity contribution in [3.63, 3.8) is 0 Å². The monoisotopic (exact) mass is 232 g/mol. The van der Waals surface area contributed by atoms with E-state index in [2.05, 4.69) is 9.83 Å². The zero-order valence-corrected chi connectivity index (χ0v) is 9.08. The second-order valence-electron chi connectivity index (χ2n) is 3.38. The summed E-state index contributed by atoms with van der Waals surface area (Å²) in [5.41, 5.74) is 0.595. The van der Waals surface area contributed by atoms with E-state index in [-0.39, 0.29) is 17.7 Å². The van der Waals surface area contributed by atoms with E-state index in [0.717, 1.165) is 0 Å². The molecule has 0 radical (unpaired) electrons. The minimum atomic E-state index is -0.731. The molecule has 86 valence electrons. The molecule has 1 heterocycles. The van der Waals surface area contributed by atoms with Crippen LogP contribution >= 0.6 is 0 Å². The van der Waals surface area contributed by atoms with Crippen molar-refractivity contribution in [1.29, 1.82) is 0 Å². The molecule has 0 aliphatic rings. The molecule has 17 heavy (non-hydrogen) atoms. The number of halogens is 1. The number of carbonyl (C=O) groups is 1. The molecule has 2 rings (SSSR count). The first kappa shape index (κ1) is 11.1. The van der Waals surface area contributed by atoms with Crippen LogP contribution in [0.2, 0.25) is 0 Å². The lowest BCUT2D eigenvalue weighted by Gasteiger charge is -1.97. The molecular weight excluding hydrogens is 223 g/mol. The standard InChI is InChI=1S/C12H9FN2O2/c1-3-17-12(16)11-10(13)8-5-4-7(14-2)6-9(8)15-11/h4-6,15H,3H2,1H3. The molecule has 1 aromatic carbocycles. The summed E-state index contributed by atoms with van der Waals surface area (Å²) in [7, 11) is 0. The third kappa shape index (κ3) is 1.85. The fourth-order valence-electron chi connectivity index (χ4n) is 1.56. The van der Waals surface area contributed by atoms with Gasteiger partial charge in [0.1, 0.15) is 0 Å². The number of esters is 1. The summed E-state index contributed by atoms with van der Waals surface area (Å²) >= 11 is 0. The van der Waals surface area contributed by atoms with Gasteiger partial charge in [-0.1, -0.05) is 12.1 Å². The minimum Gasteiger partial charge on any atom is -0.461 e. The molecule has 0 aliphatic heterocycles. The van der Waals surface area contributed by atoms with E-state index in [1.165, 1.54) is 18.2 Å². The van der Waals surface area contributed by atoms with Gasteiger partial charge in [0, 0.05) is 10.9 Å². The van der Waals surface area contributed by atoms with Crippen molar-refractivity contribution in [3.8, 4) is 0 Å². The fraction of sp³-hybridized carbons (Fsp3) is 0.167. The number of carbonyl (C=O) groups excluding carboxylic acids is 1. The molecule has 1 N–H and O–H groups in total. The van der Waals surface area contributed by atoms with E-state index < -0.39 is 11.8 Å². The highest BCUT2D eigenvalue weighted by atomic mass is 19.1. The van der Waals surface area contributed by atoms with Crippen LogP contribution in [-0.2, 0) is 4.74 Å². The third-order valence-corrected chi connectivity index (χ3v) is 2.33. The maximum absolute atomic E-state index is 13.8. The van der Waals surface area contributed by atoms with E-state index in [0.29, 0.717) is 11.2 Å². The maximum atomic E-state index is 13.8. The number of ether oxygens (including phenoxy) is 1. The van der Waals surface area contributed by atoms with Crippen molar-refractivity contribution >= 4 is 22.6 Å². The van der Waals surface area contributed by atoms with Gasteiger partial charge in [0.15, 0.2) is 17.2 Å². The highest BCUT2D eigenvalue weighted by molar-refractivity contribution is 5.96. The van der Waals surface area contributed by atoms with Gasteiger partial charge in [-0.25, -0.2) is 14.0 Å². The van der Waals surface area contributed by atoms with Gasteiger partial charge in [0.25, 0.3) is 0 Å². The number of nitrogens with one attached hydrogen (secondary N) is 1. The maximum Gasteiger partial charge on any atom is 0.357 e.